The molecule has 0 heterocycles. The van der Waals surface area contributed by atoms with Gasteiger partial charge in [-0.3, -0.25) is 0 Å². The minimum absolute atomic E-state index is 0.864. The smallest absolute Gasteiger partial charge is 0.0238 e. The van der Waals surface area contributed by atoms with Gasteiger partial charge in [0.2, 0.25) is 0 Å². The Morgan fingerprint density at radius 3 is 2.47 bits per heavy atom. The molecule has 3 fully saturated rings. The van der Waals surface area contributed by atoms with Crippen molar-refractivity contribution in [2.45, 2.75) is 65.2 Å². The van der Waals surface area contributed by atoms with Crippen molar-refractivity contribution in [2.75, 3.05) is 0 Å². The summed E-state index contributed by atoms with van der Waals surface area (Å²) in [4.78, 5) is 0. The fourth-order valence-electron chi connectivity index (χ4n) is 4.19. The molecule has 0 N–H and O–H groups in total. The van der Waals surface area contributed by atoms with E-state index in [9.17, 15) is 0 Å². The second kappa shape index (κ2) is 3.50. The first-order chi connectivity index (χ1) is 7.28. The maximum atomic E-state index is 2.51. The third-order valence-electron chi connectivity index (χ3n) is 5.56. The highest BCUT2D eigenvalue weighted by Gasteiger charge is 2.65. The van der Waals surface area contributed by atoms with Gasteiger partial charge in [-0.05, 0) is 61.2 Å². The van der Waals surface area contributed by atoms with Crippen LogP contribution in [-0.4, -0.2) is 0 Å². The summed E-state index contributed by atoms with van der Waals surface area (Å²) in [7, 11) is 0. The van der Waals surface area contributed by atoms with Crippen molar-refractivity contribution in [2.24, 2.45) is 29.1 Å². The molecule has 3 aliphatic rings. The van der Waals surface area contributed by atoms with Crippen LogP contribution in [0, 0.1) is 29.1 Å². The van der Waals surface area contributed by atoms with Crippen molar-refractivity contribution in [3.63, 3.8) is 0 Å². The van der Waals surface area contributed by atoms with Gasteiger partial charge in [-0.1, -0.05) is 33.1 Å². The Morgan fingerprint density at radius 1 is 1.20 bits per heavy atom. The molecule has 4 atom stereocenters. The summed E-state index contributed by atoms with van der Waals surface area (Å²) in [5, 5.41) is 0. The zero-order valence-corrected chi connectivity index (χ0v) is 10.5. The minimum Gasteiger partial charge on any atom is -0.0654 e. The van der Waals surface area contributed by atoms with Crippen molar-refractivity contribution in [1.82, 2.24) is 0 Å². The minimum atomic E-state index is 0.864. The van der Waals surface area contributed by atoms with E-state index in [1.807, 2.05) is 0 Å². The third-order valence-corrected chi connectivity index (χ3v) is 5.56. The molecule has 0 spiro atoms. The normalized spacial score (nSPS) is 48.0. The van der Waals surface area contributed by atoms with E-state index >= 15 is 0 Å². The molecular formula is C15H26. The Hall–Kier alpha value is 0. The summed E-state index contributed by atoms with van der Waals surface area (Å²) < 4.78 is 0. The Bertz CT molecular complexity index is 240. The van der Waals surface area contributed by atoms with Crippen molar-refractivity contribution >= 4 is 0 Å². The Labute approximate surface area is 94.8 Å². The van der Waals surface area contributed by atoms with Crippen LogP contribution >= 0.6 is 0 Å². The number of rotatable bonds is 6. The van der Waals surface area contributed by atoms with E-state index in [0.717, 1.165) is 11.3 Å². The fourth-order valence-corrected chi connectivity index (χ4v) is 4.19. The highest BCUT2D eigenvalue weighted by atomic mass is 14.7. The van der Waals surface area contributed by atoms with Gasteiger partial charge in [0.1, 0.15) is 0 Å². The van der Waals surface area contributed by atoms with Crippen LogP contribution in [0.1, 0.15) is 65.2 Å². The molecule has 3 rings (SSSR count). The van der Waals surface area contributed by atoms with Crippen molar-refractivity contribution in [3.05, 3.63) is 0 Å². The van der Waals surface area contributed by atoms with Gasteiger partial charge in [-0.2, -0.15) is 0 Å². The largest absolute Gasteiger partial charge is 0.0654 e. The Balaban J connectivity index is 1.52. The molecule has 0 amide bonds. The summed E-state index contributed by atoms with van der Waals surface area (Å²) in [5.41, 5.74) is 0.864. The summed E-state index contributed by atoms with van der Waals surface area (Å²) in [6.07, 6.45) is 12.3. The molecule has 3 saturated carbocycles. The molecule has 0 aromatic carbocycles. The number of unbranched alkanes of at least 4 members (excludes halogenated alkanes) is 2. The van der Waals surface area contributed by atoms with Gasteiger partial charge in [-0.15, -0.1) is 0 Å². The SMILES string of the molecule is CCCCCC1(C2CC2C2CC2)CC1C. The molecule has 0 saturated heterocycles. The van der Waals surface area contributed by atoms with Crippen LogP contribution < -0.4 is 0 Å². The first-order valence-electron chi connectivity index (χ1n) is 7.28. The molecule has 4 unspecified atom stereocenters. The summed E-state index contributed by atoms with van der Waals surface area (Å²) in [5.74, 6) is 4.63. The second-order valence-corrected chi connectivity index (χ2v) is 6.64. The van der Waals surface area contributed by atoms with Gasteiger partial charge in [0.25, 0.3) is 0 Å². The lowest BCUT2D eigenvalue weighted by Gasteiger charge is -2.16. The zero-order chi connectivity index (χ0) is 10.5. The molecular weight excluding hydrogens is 180 g/mol. The first-order valence-corrected chi connectivity index (χ1v) is 7.28. The molecule has 0 aliphatic heterocycles. The maximum absolute atomic E-state index is 2.51. The van der Waals surface area contributed by atoms with Gasteiger partial charge in [-0.25, -0.2) is 0 Å². The van der Waals surface area contributed by atoms with E-state index in [0.29, 0.717) is 0 Å². The van der Waals surface area contributed by atoms with Gasteiger partial charge in [0.05, 0.1) is 0 Å². The third kappa shape index (κ3) is 1.74. The van der Waals surface area contributed by atoms with Crippen LogP contribution in [0.2, 0.25) is 0 Å². The zero-order valence-electron chi connectivity index (χ0n) is 10.5. The van der Waals surface area contributed by atoms with E-state index in [4.69, 9.17) is 0 Å². The van der Waals surface area contributed by atoms with Crippen molar-refractivity contribution in [3.8, 4) is 0 Å². The number of hydrogen-bond donors (Lipinski definition) is 0. The molecule has 0 bridgehead atoms. The van der Waals surface area contributed by atoms with Crippen LogP contribution in [-0.2, 0) is 0 Å². The van der Waals surface area contributed by atoms with Crippen molar-refractivity contribution < 1.29 is 0 Å². The van der Waals surface area contributed by atoms with E-state index in [1.165, 1.54) is 37.0 Å². The highest BCUT2D eigenvalue weighted by Crippen LogP contribution is 2.73. The standard InChI is InChI=1S/C15H26/c1-3-4-5-8-15(10-11(15)2)14-9-13(14)12-6-7-12/h11-14H,3-10H2,1-2H3. The molecule has 0 nitrogen and oxygen atoms in total. The van der Waals surface area contributed by atoms with Gasteiger partial charge >= 0.3 is 0 Å². The molecule has 0 radical (unpaired) electrons. The molecule has 0 aromatic rings. The van der Waals surface area contributed by atoms with E-state index in [1.54, 1.807) is 32.1 Å². The molecule has 15 heavy (non-hydrogen) atoms. The topological polar surface area (TPSA) is 0 Å². The lowest BCUT2D eigenvalue weighted by Crippen LogP contribution is -2.08. The summed E-state index contributed by atoms with van der Waals surface area (Å²) in [6.45, 7) is 4.83. The Morgan fingerprint density at radius 2 is 1.93 bits per heavy atom. The lowest BCUT2D eigenvalue weighted by atomic mass is 9.89. The first kappa shape index (κ1) is 10.2. The highest BCUT2D eigenvalue weighted by molar-refractivity contribution is 5.14. The quantitative estimate of drug-likeness (QED) is 0.555. The van der Waals surface area contributed by atoms with E-state index < -0.39 is 0 Å². The summed E-state index contributed by atoms with van der Waals surface area (Å²) in [6, 6.07) is 0. The second-order valence-electron chi connectivity index (χ2n) is 6.64. The predicted molar refractivity (Wildman–Crippen MR) is 64.7 cm³/mol. The number of hydrogen-bond acceptors (Lipinski definition) is 0. The summed E-state index contributed by atoms with van der Waals surface area (Å²) >= 11 is 0. The van der Waals surface area contributed by atoms with Gasteiger partial charge in [0, 0.05) is 0 Å². The van der Waals surface area contributed by atoms with Gasteiger partial charge < -0.3 is 0 Å². The van der Waals surface area contributed by atoms with E-state index in [2.05, 4.69) is 13.8 Å². The average Bonchev–Trinajstić information content (AvgIpc) is 3.06. The van der Waals surface area contributed by atoms with Crippen molar-refractivity contribution in [1.29, 1.82) is 0 Å². The lowest BCUT2D eigenvalue weighted by molar-refractivity contribution is 0.329. The van der Waals surface area contributed by atoms with Crippen LogP contribution in [0.4, 0.5) is 0 Å². The monoisotopic (exact) mass is 206 g/mol. The van der Waals surface area contributed by atoms with Crippen LogP contribution in [0.25, 0.3) is 0 Å². The predicted octanol–water partition coefficient (Wildman–Crippen LogP) is 4.64. The average molecular weight is 206 g/mol. The van der Waals surface area contributed by atoms with Gasteiger partial charge in [0.15, 0.2) is 0 Å². The fraction of sp³-hybridized carbons (Fsp3) is 1.00. The van der Waals surface area contributed by atoms with Crippen LogP contribution in [0.5, 0.6) is 0 Å². The maximum Gasteiger partial charge on any atom is -0.0238 e. The van der Waals surface area contributed by atoms with E-state index in [-0.39, 0.29) is 0 Å². The molecule has 86 valence electrons. The molecule has 0 aromatic heterocycles. The molecule has 0 heteroatoms. The Kier molecular flexibility index (Phi) is 2.37. The molecule has 3 aliphatic carbocycles. The van der Waals surface area contributed by atoms with Crippen LogP contribution in [0.3, 0.4) is 0 Å². The van der Waals surface area contributed by atoms with Crippen LogP contribution in [0.15, 0.2) is 0 Å².